The van der Waals surface area contributed by atoms with E-state index in [1.54, 1.807) is 0 Å². The van der Waals surface area contributed by atoms with Crippen LogP contribution in [0, 0.1) is 0 Å². The first-order valence-corrected chi connectivity index (χ1v) is 9.47. The Bertz CT molecular complexity index is 602. The van der Waals surface area contributed by atoms with Crippen LogP contribution in [0.3, 0.4) is 0 Å². The van der Waals surface area contributed by atoms with E-state index in [0.29, 0.717) is 13.2 Å². The van der Waals surface area contributed by atoms with Gasteiger partial charge in [0.25, 0.3) is 0 Å². The Morgan fingerprint density at radius 3 is 2.86 bits per heavy atom. The van der Waals surface area contributed by atoms with Crippen LogP contribution in [0.5, 0.6) is 5.75 Å². The van der Waals surface area contributed by atoms with Gasteiger partial charge < -0.3 is 10.1 Å². The van der Waals surface area contributed by atoms with Crippen LogP contribution < -0.4 is 14.8 Å². The van der Waals surface area contributed by atoms with Crippen molar-refractivity contribution in [1.29, 1.82) is 0 Å². The van der Waals surface area contributed by atoms with E-state index in [1.807, 2.05) is 26.0 Å². The minimum Gasteiger partial charge on any atom is -0.493 e. The van der Waals surface area contributed by atoms with Crippen molar-refractivity contribution in [3.8, 4) is 5.75 Å². The van der Waals surface area contributed by atoms with Gasteiger partial charge in [0.1, 0.15) is 5.75 Å². The lowest BCUT2D eigenvalue weighted by Crippen LogP contribution is -2.34. The molecule has 2 rings (SSSR count). The molecule has 1 aromatic rings. The molecule has 118 valence electrons. The molecule has 7 heteroatoms. The third-order valence-corrected chi connectivity index (χ3v) is 5.01. The summed E-state index contributed by atoms with van der Waals surface area (Å²) in [6.45, 7) is 5.33. The van der Waals surface area contributed by atoms with Gasteiger partial charge in [-0.15, -0.1) is 0 Å². The molecule has 0 fully saturated rings. The molecule has 21 heavy (non-hydrogen) atoms. The summed E-state index contributed by atoms with van der Waals surface area (Å²) in [7, 11) is -3.29. The molecule has 0 radical (unpaired) electrons. The third kappa shape index (κ3) is 4.95. The lowest BCUT2D eigenvalue weighted by Gasteiger charge is -2.12. The Kier molecular flexibility index (Phi) is 5.65. The zero-order valence-corrected chi connectivity index (χ0v) is 14.7. The fourth-order valence-corrected chi connectivity index (χ4v) is 3.68. The van der Waals surface area contributed by atoms with Gasteiger partial charge in [-0.05, 0) is 17.7 Å². The second kappa shape index (κ2) is 7.09. The number of hydrogen-bond acceptors (Lipinski definition) is 4. The van der Waals surface area contributed by atoms with Crippen LogP contribution in [0.15, 0.2) is 16.6 Å². The first-order chi connectivity index (χ1) is 9.87. The molecule has 2 N–H and O–H groups in total. The summed E-state index contributed by atoms with van der Waals surface area (Å²) in [6, 6.07) is 4.20. The molecule has 0 atom stereocenters. The van der Waals surface area contributed by atoms with Crippen LogP contribution >= 0.6 is 15.9 Å². The van der Waals surface area contributed by atoms with Crippen LogP contribution in [-0.4, -0.2) is 33.4 Å². The molecule has 0 amide bonds. The van der Waals surface area contributed by atoms with E-state index in [9.17, 15) is 8.42 Å². The van der Waals surface area contributed by atoms with Crippen molar-refractivity contribution >= 4 is 26.0 Å². The van der Waals surface area contributed by atoms with Gasteiger partial charge in [-0.25, -0.2) is 13.1 Å². The maximum Gasteiger partial charge on any atom is 0.213 e. The fraction of sp³-hybridized carbons (Fsp3) is 0.571. The van der Waals surface area contributed by atoms with Gasteiger partial charge in [0.2, 0.25) is 10.0 Å². The van der Waals surface area contributed by atoms with Crippen molar-refractivity contribution in [3.63, 3.8) is 0 Å². The van der Waals surface area contributed by atoms with E-state index < -0.39 is 10.0 Å². The maximum atomic E-state index is 12.0. The Labute approximate surface area is 134 Å². The Hall–Kier alpha value is -0.630. The SMILES string of the molecule is CC(C)NCCS(=O)(=O)NCc1cc(Br)cc2c1OCC2. The number of nitrogens with one attached hydrogen (secondary N) is 2. The highest BCUT2D eigenvalue weighted by atomic mass is 79.9. The van der Waals surface area contributed by atoms with Crippen molar-refractivity contribution in [2.24, 2.45) is 0 Å². The first-order valence-electron chi connectivity index (χ1n) is 7.02. The normalized spacial score (nSPS) is 14.3. The molecule has 5 nitrogen and oxygen atoms in total. The van der Waals surface area contributed by atoms with Crippen LogP contribution in [0.2, 0.25) is 0 Å². The Morgan fingerprint density at radius 1 is 1.38 bits per heavy atom. The van der Waals surface area contributed by atoms with Gasteiger partial charge in [0, 0.05) is 35.6 Å². The zero-order valence-electron chi connectivity index (χ0n) is 12.3. The summed E-state index contributed by atoms with van der Waals surface area (Å²) in [5.74, 6) is 0.892. The number of halogens is 1. The summed E-state index contributed by atoms with van der Waals surface area (Å²) < 4.78 is 33.1. The summed E-state index contributed by atoms with van der Waals surface area (Å²) >= 11 is 3.45. The largest absolute Gasteiger partial charge is 0.493 e. The second-order valence-corrected chi connectivity index (χ2v) is 8.24. The number of hydrogen-bond donors (Lipinski definition) is 2. The number of rotatable bonds is 7. The molecule has 0 aliphatic carbocycles. The van der Waals surface area contributed by atoms with Crippen molar-refractivity contribution in [2.45, 2.75) is 32.9 Å². The van der Waals surface area contributed by atoms with E-state index >= 15 is 0 Å². The van der Waals surface area contributed by atoms with Gasteiger partial charge >= 0.3 is 0 Å². The molecule has 0 saturated heterocycles. The van der Waals surface area contributed by atoms with E-state index in [1.165, 1.54) is 0 Å². The van der Waals surface area contributed by atoms with E-state index in [0.717, 1.165) is 27.8 Å². The van der Waals surface area contributed by atoms with E-state index in [-0.39, 0.29) is 18.3 Å². The molecule has 0 spiro atoms. The van der Waals surface area contributed by atoms with Crippen LogP contribution in [0.1, 0.15) is 25.0 Å². The Balaban J connectivity index is 1.97. The average molecular weight is 377 g/mol. The highest BCUT2D eigenvalue weighted by Gasteiger charge is 2.19. The molecule has 0 aromatic heterocycles. The van der Waals surface area contributed by atoms with Crippen molar-refractivity contribution < 1.29 is 13.2 Å². The quantitative estimate of drug-likeness (QED) is 0.761. The Morgan fingerprint density at radius 2 is 2.14 bits per heavy atom. The van der Waals surface area contributed by atoms with Crippen molar-refractivity contribution in [2.75, 3.05) is 18.9 Å². The molecule has 1 aliphatic heterocycles. The third-order valence-electron chi connectivity index (χ3n) is 3.23. The molecule has 1 aromatic carbocycles. The summed E-state index contributed by atoms with van der Waals surface area (Å²) in [5, 5.41) is 3.10. The van der Waals surface area contributed by atoms with Crippen LogP contribution in [0.4, 0.5) is 0 Å². The summed E-state index contributed by atoms with van der Waals surface area (Å²) in [5.41, 5.74) is 2.00. The van der Waals surface area contributed by atoms with Crippen LogP contribution in [-0.2, 0) is 23.0 Å². The van der Waals surface area contributed by atoms with Crippen LogP contribution in [0.25, 0.3) is 0 Å². The zero-order chi connectivity index (χ0) is 15.5. The van der Waals surface area contributed by atoms with Gasteiger partial charge in [0.15, 0.2) is 0 Å². The average Bonchev–Trinajstić information content (AvgIpc) is 2.83. The van der Waals surface area contributed by atoms with E-state index in [4.69, 9.17) is 4.74 Å². The number of fused-ring (bicyclic) bond motifs is 1. The summed E-state index contributed by atoms with van der Waals surface area (Å²) in [6.07, 6.45) is 0.868. The van der Waals surface area contributed by atoms with E-state index in [2.05, 4.69) is 26.0 Å². The highest BCUT2D eigenvalue weighted by Crippen LogP contribution is 2.32. The predicted octanol–water partition coefficient (Wildman–Crippen LogP) is 1.80. The fourth-order valence-electron chi connectivity index (χ4n) is 2.22. The molecular weight excluding hydrogens is 356 g/mol. The summed E-state index contributed by atoms with van der Waals surface area (Å²) in [4.78, 5) is 0. The number of ether oxygens (including phenoxy) is 1. The van der Waals surface area contributed by atoms with Gasteiger partial charge in [0.05, 0.1) is 12.4 Å². The van der Waals surface area contributed by atoms with Gasteiger partial charge in [-0.1, -0.05) is 29.8 Å². The standard InChI is InChI=1S/C14H21BrN2O3S/c1-10(2)16-4-6-21(18,19)17-9-12-8-13(15)7-11-3-5-20-14(11)12/h7-8,10,16-17H,3-6,9H2,1-2H3. The lowest BCUT2D eigenvalue weighted by atomic mass is 10.1. The number of sulfonamides is 1. The van der Waals surface area contributed by atoms with Gasteiger partial charge in [-0.2, -0.15) is 0 Å². The smallest absolute Gasteiger partial charge is 0.213 e. The van der Waals surface area contributed by atoms with Crippen molar-refractivity contribution in [1.82, 2.24) is 10.0 Å². The monoisotopic (exact) mass is 376 g/mol. The van der Waals surface area contributed by atoms with Crippen molar-refractivity contribution in [3.05, 3.63) is 27.7 Å². The molecular formula is C14H21BrN2O3S. The minimum atomic E-state index is -3.29. The highest BCUT2D eigenvalue weighted by molar-refractivity contribution is 9.10. The topological polar surface area (TPSA) is 67.4 Å². The minimum absolute atomic E-state index is 0.0717. The maximum absolute atomic E-state index is 12.0. The molecule has 1 heterocycles. The lowest BCUT2D eigenvalue weighted by molar-refractivity contribution is 0.353. The first kappa shape index (κ1) is 16.7. The second-order valence-electron chi connectivity index (χ2n) is 5.40. The molecule has 0 saturated carbocycles. The predicted molar refractivity (Wildman–Crippen MR) is 87.1 cm³/mol. The number of benzene rings is 1. The molecule has 0 bridgehead atoms. The van der Waals surface area contributed by atoms with Gasteiger partial charge in [-0.3, -0.25) is 0 Å². The molecule has 1 aliphatic rings. The molecule has 0 unspecified atom stereocenters.